The van der Waals surface area contributed by atoms with E-state index >= 15 is 0 Å². The highest BCUT2D eigenvalue weighted by atomic mass is 19.4. The monoisotopic (exact) mass is 412 g/mol. The van der Waals surface area contributed by atoms with Crippen molar-refractivity contribution in [3.8, 4) is 0 Å². The Labute approximate surface area is 172 Å². The van der Waals surface area contributed by atoms with Gasteiger partial charge in [-0.05, 0) is 99.2 Å². The summed E-state index contributed by atoms with van der Waals surface area (Å²) in [7, 11) is 0. The molecule has 0 aromatic heterocycles. The number of allylic oxidation sites excluding steroid dienone is 1. The summed E-state index contributed by atoms with van der Waals surface area (Å²) >= 11 is 0. The van der Waals surface area contributed by atoms with Crippen molar-refractivity contribution in [2.24, 2.45) is 34.5 Å². The molecule has 4 aliphatic carbocycles. The quantitative estimate of drug-likeness (QED) is 0.558. The molecule has 0 aliphatic heterocycles. The van der Waals surface area contributed by atoms with Crippen LogP contribution >= 0.6 is 0 Å². The van der Waals surface area contributed by atoms with Gasteiger partial charge in [-0.25, -0.2) is 0 Å². The molecule has 0 amide bonds. The van der Waals surface area contributed by atoms with Gasteiger partial charge >= 0.3 is 6.18 Å². The van der Waals surface area contributed by atoms with Gasteiger partial charge in [-0.3, -0.25) is 4.79 Å². The number of aliphatic hydroxyl groups is 1. The Hall–Kier alpha value is -0.840. The van der Waals surface area contributed by atoms with Crippen molar-refractivity contribution in [2.75, 3.05) is 0 Å². The van der Waals surface area contributed by atoms with E-state index in [4.69, 9.17) is 0 Å². The lowest BCUT2D eigenvalue weighted by Gasteiger charge is -2.59. The van der Waals surface area contributed by atoms with Crippen molar-refractivity contribution in [3.05, 3.63) is 11.6 Å². The summed E-state index contributed by atoms with van der Waals surface area (Å²) in [4.78, 5) is 11.4. The second-order valence-electron chi connectivity index (χ2n) is 11.2. The molecule has 7 atom stereocenters. The summed E-state index contributed by atoms with van der Waals surface area (Å²) in [5.41, 5.74) is 1.07. The van der Waals surface area contributed by atoms with Crippen LogP contribution in [0.25, 0.3) is 0 Å². The van der Waals surface area contributed by atoms with E-state index in [1.807, 2.05) is 6.92 Å². The van der Waals surface area contributed by atoms with E-state index in [2.05, 4.69) is 19.9 Å². The van der Waals surface area contributed by atoms with Crippen LogP contribution in [0.3, 0.4) is 0 Å². The summed E-state index contributed by atoms with van der Waals surface area (Å²) in [6.45, 7) is 6.63. The third-order valence-corrected chi connectivity index (χ3v) is 9.61. The smallest absolute Gasteiger partial charge is 0.390 e. The molecule has 0 radical (unpaired) electrons. The first-order valence-corrected chi connectivity index (χ1v) is 11.4. The first-order valence-electron chi connectivity index (χ1n) is 11.4. The normalized spacial score (nSPS) is 47.1. The molecule has 0 saturated heterocycles. The van der Waals surface area contributed by atoms with Crippen LogP contribution in [-0.2, 0) is 4.79 Å². The zero-order chi connectivity index (χ0) is 21.2. The van der Waals surface area contributed by atoms with E-state index in [0.29, 0.717) is 24.2 Å². The largest absolute Gasteiger partial charge is 0.449 e. The molecular weight excluding hydrogens is 377 g/mol. The van der Waals surface area contributed by atoms with Crippen molar-refractivity contribution >= 4 is 5.78 Å². The Kier molecular flexibility index (Phi) is 5.04. The van der Waals surface area contributed by atoms with E-state index in [1.54, 1.807) is 0 Å². The van der Waals surface area contributed by atoms with Crippen LogP contribution < -0.4 is 0 Å². The minimum Gasteiger partial charge on any atom is -0.390 e. The Morgan fingerprint density at radius 2 is 1.83 bits per heavy atom. The molecule has 3 unspecified atom stereocenters. The van der Waals surface area contributed by atoms with Gasteiger partial charge in [0.2, 0.25) is 5.78 Å². The number of ketones is 1. The molecule has 0 aromatic rings. The number of hydrogen-bond acceptors (Lipinski definition) is 2. The van der Waals surface area contributed by atoms with Gasteiger partial charge in [0.15, 0.2) is 0 Å². The maximum Gasteiger partial charge on any atom is 0.449 e. The van der Waals surface area contributed by atoms with Gasteiger partial charge in [-0.1, -0.05) is 25.5 Å². The third-order valence-electron chi connectivity index (χ3n) is 9.61. The highest BCUT2D eigenvalue weighted by Crippen LogP contribution is 2.67. The van der Waals surface area contributed by atoms with Crippen LogP contribution in [0.5, 0.6) is 0 Å². The lowest BCUT2D eigenvalue weighted by molar-refractivity contribution is -0.171. The minimum atomic E-state index is -4.70. The SMILES string of the molecule is C[C@]1(O)CC[C@@]2(C)C(=CCC3C2CC[C@@]2(C)C3CC[C@@H]2CCC(=O)C(F)(F)F)C1. The number of halogens is 3. The number of alkyl halides is 3. The van der Waals surface area contributed by atoms with Crippen LogP contribution in [0.15, 0.2) is 11.6 Å². The molecule has 0 heterocycles. The van der Waals surface area contributed by atoms with E-state index in [-0.39, 0.29) is 23.2 Å². The summed E-state index contributed by atoms with van der Waals surface area (Å²) in [6, 6.07) is 0. The van der Waals surface area contributed by atoms with E-state index in [1.165, 1.54) is 5.57 Å². The highest BCUT2D eigenvalue weighted by molar-refractivity contribution is 5.83. The Balaban J connectivity index is 1.51. The molecular formula is C24H35F3O2. The number of fused-ring (bicyclic) bond motifs is 5. The molecule has 0 aromatic carbocycles. The van der Waals surface area contributed by atoms with Crippen molar-refractivity contribution in [3.63, 3.8) is 0 Å². The van der Waals surface area contributed by atoms with Crippen molar-refractivity contribution in [1.29, 1.82) is 0 Å². The predicted molar refractivity (Wildman–Crippen MR) is 106 cm³/mol. The lowest BCUT2D eigenvalue weighted by Crippen LogP contribution is -2.51. The first-order chi connectivity index (χ1) is 13.4. The first kappa shape index (κ1) is 21.4. The van der Waals surface area contributed by atoms with Gasteiger partial charge in [0.05, 0.1) is 5.60 Å². The van der Waals surface area contributed by atoms with Gasteiger partial charge in [0.25, 0.3) is 0 Å². The summed E-state index contributed by atoms with van der Waals surface area (Å²) in [5, 5.41) is 10.6. The molecule has 29 heavy (non-hydrogen) atoms. The van der Waals surface area contributed by atoms with Crippen LogP contribution in [-0.4, -0.2) is 22.7 Å². The highest BCUT2D eigenvalue weighted by Gasteiger charge is 2.59. The standard InChI is InChI=1S/C24H35F3O2/c1-21(29)12-13-23(3)16(14-21)4-7-17-18-8-5-15(6-9-20(28)24(25,26)27)22(18,2)11-10-19(17)23/h4,15,17-19,29H,5-14H2,1-3H3/t15-,17?,18?,19?,21+,22-,23+/m1/s1. The Morgan fingerprint density at radius 3 is 2.52 bits per heavy atom. The molecule has 4 aliphatic rings. The molecule has 0 spiro atoms. The summed E-state index contributed by atoms with van der Waals surface area (Å²) in [6.07, 6.45) is 5.62. The van der Waals surface area contributed by atoms with Gasteiger partial charge in [-0.15, -0.1) is 0 Å². The molecule has 5 heteroatoms. The molecule has 4 rings (SSSR count). The fourth-order valence-electron chi connectivity index (χ4n) is 7.83. The summed E-state index contributed by atoms with van der Waals surface area (Å²) < 4.78 is 38.0. The van der Waals surface area contributed by atoms with E-state index < -0.39 is 17.6 Å². The Bertz CT molecular complexity index is 709. The van der Waals surface area contributed by atoms with E-state index in [0.717, 1.165) is 51.4 Å². The van der Waals surface area contributed by atoms with Crippen molar-refractivity contribution in [1.82, 2.24) is 0 Å². The zero-order valence-corrected chi connectivity index (χ0v) is 17.9. The zero-order valence-electron chi connectivity index (χ0n) is 17.9. The fourth-order valence-corrected chi connectivity index (χ4v) is 7.83. The number of carbonyl (C=O) groups is 1. The maximum atomic E-state index is 12.7. The van der Waals surface area contributed by atoms with Crippen LogP contribution in [0.1, 0.15) is 85.0 Å². The lowest BCUT2D eigenvalue weighted by atomic mass is 9.46. The van der Waals surface area contributed by atoms with Crippen LogP contribution in [0.4, 0.5) is 13.2 Å². The van der Waals surface area contributed by atoms with Gasteiger partial charge in [0, 0.05) is 6.42 Å². The molecule has 0 bridgehead atoms. The average Bonchev–Trinajstić information content (AvgIpc) is 2.95. The average molecular weight is 413 g/mol. The predicted octanol–water partition coefficient (Wildman–Crippen LogP) is 6.23. The van der Waals surface area contributed by atoms with Crippen molar-refractivity contribution in [2.45, 2.75) is 96.8 Å². The van der Waals surface area contributed by atoms with Gasteiger partial charge in [0.1, 0.15) is 0 Å². The van der Waals surface area contributed by atoms with Gasteiger partial charge in [-0.2, -0.15) is 13.2 Å². The van der Waals surface area contributed by atoms with Crippen molar-refractivity contribution < 1.29 is 23.1 Å². The number of hydrogen-bond donors (Lipinski definition) is 1. The number of rotatable bonds is 3. The van der Waals surface area contributed by atoms with Crippen LogP contribution in [0.2, 0.25) is 0 Å². The number of Topliss-reactive ketones (excluding diaryl/α,β-unsaturated/α-hetero) is 1. The fraction of sp³-hybridized carbons (Fsp3) is 0.875. The van der Waals surface area contributed by atoms with Crippen LogP contribution in [0, 0.1) is 34.5 Å². The molecule has 164 valence electrons. The molecule has 2 nitrogen and oxygen atoms in total. The Morgan fingerprint density at radius 1 is 1.10 bits per heavy atom. The maximum absolute atomic E-state index is 12.7. The van der Waals surface area contributed by atoms with Gasteiger partial charge < -0.3 is 5.11 Å². The second kappa shape index (κ2) is 6.83. The molecule has 3 fully saturated rings. The second-order valence-corrected chi connectivity index (χ2v) is 11.2. The number of carbonyl (C=O) groups excluding carboxylic acids is 1. The summed E-state index contributed by atoms with van der Waals surface area (Å²) in [5.74, 6) is 0.417. The third kappa shape index (κ3) is 3.49. The topological polar surface area (TPSA) is 37.3 Å². The minimum absolute atomic E-state index is 0.0644. The molecule has 1 N–H and O–H groups in total. The van der Waals surface area contributed by atoms with E-state index in [9.17, 15) is 23.1 Å². The molecule has 3 saturated carbocycles.